The van der Waals surface area contributed by atoms with Gasteiger partial charge in [-0.25, -0.2) is 0 Å². The maximum absolute atomic E-state index is 9.42. The first kappa shape index (κ1) is 12.6. The molecule has 2 aromatic rings. The molecule has 0 aromatic heterocycles. The lowest BCUT2D eigenvalue weighted by molar-refractivity contribution is 0.338. The molecule has 0 spiro atoms. The van der Waals surface area contributed by atoms with Crippen molar-refractivity contribution in [2.75, 3.05) is 11.9 Å². The number of halogens is 2. The Hall–Kier alpha value is -1.39. The number of benzene rings is 2. The molecule has 0 aliphatic carbocycles. The monoisotopic (exact) mass is 339 g/mol. The van der Waals surface area contributed by atoms with Gasteiger partial charge in [-0.2, -0.15) is 0 Å². The quantitative estimate of drug-likeness (QED) is 0.854. The zero-order valence-corrected chi connectivity index (χ0v) is 12.2. The summed E-state index contributed by atoms with van der Waals surface area (Å²) >= 11 is 9.40. The molecule has 0 saturated heterocycles. The summed E-state index contributed by atoms with van der Waals surface area (Å²) in [5, 5.41) is 13.5. The summed E-state index contributed by atoms with van der Waals surface area (Å²) in [6.45, 7) is 0.536. The van der Waals surface area contributed by atoms with Crippen molar-refractivity contribution < 1.29 is 9.84 Å². The lowest BCUT2D eigenvalue weighted by Gasteiger charge is -2.14. The molecule has 3 rings (SSSR count). The molecule has 1 heterocycles. The van der Waals surface area contributed by atoms with Gasteiger partial charge in [0.15, 0.2) is 0 Å². The number of aromatic hydroxyl groups is 1. The van der Waals surface area contributed by atoms with E-state index in [-0.39, 0.29) is 11.8 Å². The van der Waals surface area contributed by atoms with Gasteiger partial charge in [-0.3, -0.25) is 0 Å². The van der Waals surface area contributed by atoms with Crippen LogP contribution in [0, 0.1) is 0 Å². The van der Waals surface area contributed by atoms with E-state index in [0.29, 0.717) is 11.6 Å². The smallest absolute Gasteiger partial charge is 0.128 e. The minimum atomic E-state index is 0.0630. The van der Waals surface area contributed by atoms with Gasteiger partial charge in [0, 0.05) is 26.8 Å². The summed E-state index contributed by atoms with van der Waals surface area (Å²) in [4.78, 5) is 0. The summed E-state index contributed by atoms with van der Waals surface area (Å²) in [6.07, 6.45) is 0. The van der Waals surface area contributed by atoms with E-state index in [1.165, 1.54) is 0 Å². The molecule has 1 aliphatic rings. The molecule has 3 nitrogen and oxygen atoms in total. The molecule has 0 fully saturated rings. The molecule has 0 bridgehead atoms. The number of phenols is 1. The van der Waals surface area contributed by atoms with E-state index in [1.54, 1.807) is 12.1 Å². The van der Waals surface area contributed by atoms with Crippen molar-refractivity contribution in [3.63, 3.8) is 0 Å². The van der Waals surface area contributed by atoms with Gasteiger partial charge in [0.25, 0.3) is 0 Å². The van der Waals surface area contributed by atoms with Crippen LogP contribution in [-0.4, -0.2) is 11.7 Å². The van der Waals surface area contributed by atoms with E-state index < -0.39 is 0 Å². The van der Waals surface area contributed by atoms with Crippen LogP contribution in [0.1, 0.15) is 11.6 Å². The molecule has 98 valence electrons. The van der Waals surface area contributed by atoms with Crippen LogP contribution in [0.5, 0.6) is 11.5 Å². The predicted octanol–water partition coefficient (Wildman–Crippen LogP) is 4.35. The predicted molar refractivity (Wildman–Crippen MR) is 79.1 cm³/mol. The molecule has 0 saturated carbocycles. The topological polar surface area (TPSA) is 41.5 Å². The van der Waals surface area contributed by atoms with E-state index in [4.69, 9.17) is 16.3 Å². The fourth-order valence-corrected chi connectivity index (χ4v) is 2.91. The minimum Gasteiger partial charge on any atom is -0.508 e. The number of hydrogen-bond acceptors (Lipinski definition) is 3. The van der Waals surface area contributed by atoms with Crippen molar-refractivity contribution in [2.24, 2.45) is 0 Å². The van der Waals surface area contributed by atoms with Crippen LogP contribution in [0.25, 0.3) is 0 Å². The first-order valence-corrected chi connectivity index (χ1v) is 6.98. The first-order chi connectivity index (χ1) is 9.13. The number of fused-ring (bicyclic) bond motifs is 1. The highest BCUT2D eigenvalue weighted by Gasteiger charge is 2.24. The summed E-state index contributed by atoms with van der Waals surface area (Å²) in [5.74, 6) is 0.939. The maximum atomic E-state index is 9.42. The summed E-state index contributed by atoms with van der Waals surface area (Å²) in [5.41, 5.74) is 2.00. The highest BCUT2D eigenvalue weighted by molar-refractivity contribution is 9.10. The zero-order chi connectivity index (χ0) is 13.4. The fourth-order valence-electron chi connectivity index (χ4n) is 2.11. The van der Waals surface area contributed by atoms with Gasteiger partial charge in [-0.05, 0) is 46.3 Å². The van der Waals surface area contributed by atoms with Crippen molar-refractivity contribution in [1.29, 1.82) is 0 Å². The van der Waals surface area contributed by atoms with Crippen molar-refractivity contribution >= 4 is 33.2 Å². The van der Waals surface area contributed by atoms with Gasteiger partial charge in [0.1, 0.15) is 18.1 Å². The Morgan fingerprint density at radius 1 is 1.26 bits per heavy atom. The van der Waals surface area contributed by atoms with Gasteiger partial charge < -0.3 is 15.2 Å². The molecular weight excluding hydrogens is 330 g/mol. The summed E-state index contributed by atoms with van der Waals surface area (Å²) < 4.78 is 6.47. The second-order valence-electron chi connectivity index (χ2n) is 4.35. The van der Waals surface area contributed by atoms with Gasteiger partial charge >= 0.3 is 0 Å². The van der Waals surface area contributed by atoms with Gasteiger partial charge in [0.05, 0.1) is 6.04 Å². The number of nitrogens with one attached hydrogen (secondary N) is 1. The Morgan fingerprint density at radius 2 is 2.11 bits per heavy atom. The highest BCUT2D eigenvalue weighted by atomic mass is 79.9. The van der Waals surface area contributed by atoms with E-state index >= 15 is 0 Å². The molecule has 2 aromatic carbocycles. The van der Waals surface area contributed by atoms with Crippen molar-refractivity contribution in [1.82, 2.24) is 0 Å². The van der Waals surface area contributed by atoms with E-state index in [2.05, 4.69) is 21.2 Å². The molecule has 0 radical (unpaired) electrons. The Bertz CT molecular complexity index is 633. The van der Waals surface area contributed by atoms with Gasteiger partial charge in [0.2, 0.25) is 0 Å². The van der Waals surface area contributed by atoms with Gasteiger partial charge in [-0.15, -0.1) is 0 Å². The number of anilines is 1. The van der Waals surface area contributed by atoms with Crippen LogP contribution >= 0.6 is 27.5 Å². The average molecular weight is 341 g/mol. The van der Waals surface area contributed by atoms with Crippen LogP contribution in [0.2, 0.25) is 5.02 Å². The molecule has 1 atom stereocenters. The standard InChI is InChI=1S/C14H11BrClNO2/c15-11-5-8(16)1-4-12(11)17-13-7-19-14-6-9(18)2-3-10(13)14/h1-6,13,17-18H,7H2. The highest BCUT2D eigenvalue weighted by Crippen LogP contribution is 2.38. The first-order valence-electron chi connectivity index (χ1n) is 5.81. The van der Waals surface area contributed by atoms with Crippen LogP contribution < -0.4 is 10.1 Å². The zero-order valence-electron chi connectivity index (χ0n) is 9.86. The van der Waals surface area contributed by atoms with Crippen LogP contribution in [0.4, 0.5) is 5.69 Å². The van der Waals surface area contributed by atoms with E-state index in [9.17, 15) is 5.11 Å². The number of ether oxygens (including phenoxy) is 1. The largest absolute Gasteiger partial charge is 0.508 e. The number of phenolic OH excluding ortho intramolecular Hbond substituents is 1. The third-order valence-corrected chi connectivity index (χ3v) is 3.93. The van der Waals surface area contributed by atoms with Crippen molar-refractivity contribution in [3.8, 4) is 11.5 Å². The lowest BCUT2D eigenvalue weighted by Crippen LogP contribution is -2.12. The molecule has 5 heteroatoms. The van der Waals surface area contributed by atoms with Crippen LogP contribution in [-0.2, 0) is 0 Å². The number of rotatable bonds is 2. The second kappa shape index (κ2) is 4.94. The van der Waals surface area contributed by atoms with E-state index in [0.717, 1.165) is 21.5 Å². The Morgan fingerprint density at radius 3 is 2.89 bits per heavy atom. The SMILES string of the molecule is Oc1ccc2c(c1)OCC2Nc1ccc(Cl)cc1Br. The van der Waals surface area contributed by atoms with Crippen molar-refractivity contribution in [2.45, 2.75) is 6.04 Å². The molecule has 1 aliphatic heterocycles. The Kier molecular flexibility index (Phi) is 3.29. The molecular formula is C14H11BrClNO2. The van der Waals surface area contributed by atoms with Crippen LogP contribution in [0.15, 0.2) is 40.9 Å². The Balaban J connectivity index is 1.86. The van der Waals surface area contributed by atoms with Gasteiger partial charge in [-0.1, -0.05) is 11.6 Å². The van der Waals surface area contributed by atoms with Crippen LogP contribution in [0.3, 0.4) is 0 Å². The Labute approximate surface area is 124 Å². The molecule has 2 N–H and O–H groups in total. The minimum absolute atomic E-state index is 0.0630. The summed E-state index contributed by atoms with van der Waals surface area (Å²) in [6, 6.07) is 10.8. The second-order valence-corrected chi connectivity index (χ2v) is 5.64. The summed E-state index contributed by atoms with van der Waals surface area (Å²) in [7, 11) is 0. The number of hydrogen-bond donors (Lipinski definition) is 2. The molecule has 19 heavy (non-hydrogen) atoms. The molecule has 0 amide bonds. The van der Waals surface area contributed by atoms with E-state index in [1.807, 2.05) is 24.3 Å². The third kappa shape index (κ3) is 2.51. The lowest BCUT2D eigenvalue weighted by atomic mass is 10.1. The maximum Gasteiger partial charge on any atom is 0.128 e. The average Bonchev–Trinajstić information content (AvgIpc) is 2.75. The van der Waals surface area contributed by atoms with Crippen molar-refractivity contribution in [3.05, 3.63) is 51.5 Å². The normalized spacial score (nSPS) is 16.8. The fraction of sp³-hybridized carbons (Fsp3) is 0.143. The molecule has 1 unspecified atom stereocenters. The third-order valence-electron chi connectivity index (χ3n) is 3.04.